The zero-order valence-electron chi connectivity index (χ0n) is 14.0. The molecule has 1 atom stereocenters. The molecule has 1 aromatic heterocycles. The van der Waals surface area contributed by atoms with Crippen molar-refractivity contribution in [3.63, 3.8) is 0 Å². The van der Waals surface area contributed by atoms with Crippen LogP contribution in [0.1, 0.15) is 50.8 Å². The number of furan rings is 1. The van der Waals surface area contributed by atoms with E-state index < -0.39 is 0 Å². The average molecular weight is 305 g/mol. The highest BCUT2D eigenvalue weighted by atomic mass is 16.3. The molecule has 0 aromatic carbocycles. The number of likely N-dealkylation sites (tertiary alicyclic amines) is 2. The van der Waals surface area contributed by atoms with E-state index in [1.165, 1.54) is 64.8 Å². The third kappa shape index (κ3) is 4.12. The zero-order chi connectivity index (χ0) is 15.2. The molecule has 0 spiro atoms. The van der Waals surface area contributed by atoms with Crippen molar-refractivity contribution >= 4 is 0 Å². The minimum absolute atomic E-state index is 0.408. The van der Waals surface area contributed by atoms with Crippen molar-refractivity contribution < 1.29 is 4.42 Å². The smallest absolute Gasteiger partial charge is 0.122 e. The second-order valence-corrected chi connectivity index (χ2v) is 6.80. The van der Waals surface area contributed by atoms with E-state index in [2.05, 4.69) is 28.1 Å². The van der Waals surface area contributed by atoms with E-state index in [0.29, 0.717) is 12.1 Å². The maximum atomic E-state index is 5.71. The lowest BCUT2D eigenvalue weighted by atomic mass is 10.0. The average Bonchev–Trinajstić information content (AvgIpc) is 3.23. The van der Waals surface area contributed by atoms with E-state index in [-0.39, 0.29) is 0 Å². The lowest BCUT2D eigenvalue weighted by Crippen LogP contribution is -2.45. The van der Waals surface area contributed by atoms with E-state index in [0.717, 1.165) is 12.3 Å². The van der Waals surface area contributed by atoms with Gasteiger partial charge in [-0.15, -0.1) is 0 Å². The van der Waals surface area contributed by atoms with Crippen molar-refractivity contribution in [2.45, 2.75) is 51.1 Å². The maximum Gasteiger partial charge on any atom is 0.122 e. The van der Waals surface area contributed by atoms with Gasteiger partial charge in [0.2, 0.25) is 0 Å². The highest BCUT2D eigenvalue weighted by molar-refractivity contribution is 5.06. The first-order valence-electron chi connectivity index (χ1n) is 9.10. The molecule has 124 valence electrons. The molecule has 1 aromatic rings. The molecule has 3 heterocycles. The SMILES string of the molecule is CCCN1CCC(NCC(c2ccco2)N2CCCC2)CC1. The van der Waals surface area contributed by atoms with Gasteiger partial charge < -0.3 is 14.6 Å². The summed E-state index contributed by atoms with van der Waals surface area (Å²) in [5.41, 5.74) is 0. The second kappa shape index (κ2) is 8.14. The summed E-state index contributed by atoms with van der Waals surface area (Å²) < 4.78 is 5.71. The van der Waals surface area contributed by atoms with Crippen LogP contribution in [0.5, 0.6) is 0 Å². The molecular weight excluding hydrogens is 274 g/mol. The van der Waals surface area contributed by atoms with E-state index in [9.17, 15) is 0 Å². The summed E-state index contributed by atoms with van der Waals surface area (Å²) in [4.78, 5) is 5.18. The molecule has 0 saturated carbocycles. The van der Waals surface area contributed by atoms with Gasteiger partial charge in [-0.25, -0.2) is 0 Å². The third-order valence-corrected chi connectivity index (χ3v) is 5.18. The minimum Gasteiger partial charge on any atom is -0.468 e. The van der Waals surface area contributed by atoms with Crippen LogP contribution in [-0.2, 0) is 0 Å². The standard InChI is InChI=1S/C18H31N3O/c1-2-9-20-12-7-16(8-13-20)19-15-17(18-6-5-14-22-18)21-10-3-4-11-21/h5-6,14,16-17,19H,2-4,7-13,15H2,1H3. The molecule has 0 radical (unpaired) electrons. The van der Waals surface area contributed by atoms with Gasteiger partial charge in [0.05, 0.1) is 12.3 Å². The van der Waals surface area contributed by atoms with Crippen LogP contribution in [0.25, 0.3) is 0 Å². The largest absolute Gasteiger partial charge is 0.468 e. The number of rotatable bonds is 7. The Bertz CT molecular complexity index is 406. The lowest BCUT2D eigenvalue weighted by molar-refractivity contribution is 0.173. The quantitative estimate of drug-likeness (QED) is 0.839. The normalized spacial score (nSPS) is 23.1. The van der Waals surface area contributed by atoms with E-state index in [1.54, 1.807) is 0 Å². The molecule has 22 heavy (non-hydrogen) atoms. The Morgan fingerprint density at radius 3 is 2.64 bits per heavy atom. The van der Waals surface area contributed by atoms with E-state index >= 15 is 0 Å². The maximum absolute atomic E-state index is 5.71. The van der Waals surface area contributed by atoms with E-state index in [4.69, 9.17) is 4.42 Å². The Morgan fingerprint density at radius 1 is 1.23 bits per heavy atom. The fraction of sp³-hybridized carbons (Fsp3) is 0.778. The first-order chi connectivity index (χ1) is 10.9. The summed E-state index contributed by atoms with van der Waals surface area (Å²) in [6, 6.07) is 5.23. The topological polar surface area (TPSA) is 31.6 Å². The zero-order valence-corrected chi connectivity index (χ0v) is 14.0. The molecule has 4 heteroatoms. The Morgan fingerprint density at radius 2 is 2.00 bits per heavy atom. The number of nitrogens with zero attached hydrogens (tertiary/aromatic N) is 2. The highest BCUT2D eigenvalue weighted by Crippen LogP contribution is 2.25. The summed E-state index contributed by atoms with van der Waals surface area (Å²) in [5, 5.41) is 3.82. The monoisotopic (exact) mass is 305 g/mol. The number of hydrogen-bond donors (Lipinski definition) is 1. The van der Waals surface area contributed by atoms with Crippen molar-refractivity contribution in [3.8, 4) is 0 Å². The number of nitrogens with one attached hydrogen (secondary N) is 1. The Kier molecular flexibility index (Phi) is 5.93. The van der Waals surface area contributed by atoms with Crippen LogP contribution in [0.15, 0.2) is 22.8 Å². The molecule has 1 N–H and O–H groups in total. The van der Waals surface area contributed by atoms with Crippen LogP contribution in [0, 0.1) is 0 Å². The number of hydrogen-bond acceptors (Lipinski definition) is 4. The third-order valence-electron chi connectivity index (χ3n) is 5.18. The summed E-state index contributed by atoms with van der Waals surface area (Å²) >= 11 is 0. The molecule has 1 unspecified atom stereocenters. The van der Waals surface area contributed by atoms with Crippen molar-refractivity contribution in [2.24, 2.45) is 0 Å². The molecule has 0 amide bonds. The Balaban J connectivity index is 1.49. The van der Waals surface area contributed by atoms with Gasteiger partial charge in [-0.3, -0.25) is 4.90 Å². The van der Waals surface area contributed by atoms with Gasteiger partial charge in [-0.1, -0.05) is 6.92 Å². The molecule has 0 bridgehead atoms. The predicted molar refractivity (Wildman–Crippen MR) is 90.0 cm³/mol. The highest BCUT2D eigenvalue weighted by Gasteiger charge is 2.27. The molecule has 0 aliphatic carbocycles. The van der Waals surface area contributed by atoms with Crippen LogP contribution in [0.2, 0.25) is 0 Å². The first kappa shape index (κ1) is 16.0. The second-order valence-electron chi connectivity index (χ2n) is 6.80. The van der Waals surface area contributed by atoms with Crippen molar-refractivity contribution in [1.29, 1.82) is 0 Å². The summed E-state index contributed by atoms with van der Waals surface area (Å²) in [5.74, 6) is 1.12. The summed E-state index contributed by atoms with van der Waals surface area (Å²) in [6.07, 6.45) is 8.30. The van der Waals surface area contributed by atoms with Gasteiger partial charge in [-0.2, -0.15) is 0 Å². The van der Waals surface area contributed by atoms with Crippen LogP contribution in [0.3, 0.4) is 0 Å². The minimum atomic E-state index is 0.408. The van der Waals surface area contributed by atoms with Crippen LogP contribution >= 0.6 is 0 Å². The molecular formula is C18H31N3O. The van der Waals surface area contributed by atoms with Gasteiger partial charge >= 0.3 is 0 Å². The fourth-order valence-corrected chi connectivity index (χ4v) is 3.90. The Labute approximate surface area is 134 Å². The van der Waals surface area contributed by atoms with Crippen molar-refractivity contribution in [3.05, 3.63) is 24.2 Å². The van der Waals surface area contributed by atoms with Crippen molar-refractivity contribution in [2.75, 3.05) is 39.3 Å². The molecule has 2 fully saturated rings. The van der Waals surface area contributed by atoms with E-state index in [1.807, 2.05) is 12.3 Å². The summed E-state index contributed by atoms with van der Waals surface area (Å²) in [7, 11) is 0. The Hall–Kier alpha value is -0.840. The molecule has 2 saturated heterocycles. The van der Waals surface area contributed by atoms with Crippen LogP contribution < -0.4 is 5.32 Å². The molecule has 2 aliphatic heterocycles. The number of piperidine rings is 1. The fourth-order valence-electron chi connectivity index (χ4n) is 3.90. The van der Waals surface area contributed by atoms with Gasteiger partial charge in [0.25, 0.3) is 0 Å². The van der Waals surface area contributed by atoms with Gasteiger partial charge in [0, 0.05) is 12.6 Å². The van der Waals surface area contributed by atoms with Gasteiger partial charge in [0.1, 0.15) is 5.76 Å². The predicted octanol–water partition coefficient (Wildman–Crippen LogP) is 2.88. The van der Waals surface area contributed by atoms with Crippen LogP contribution in [0.4, 0.5) is 0 Å². The van der Waals surface area contributed by atoms with Crippen molar-refractivity contribution in [1.82, 2.24) is 15.1 Å². The molecule has 3 rings (SSSR count). The first-order valence-corrected chi connectivity index (χ1v) is 9.10. The molecule has 4 nitrogen and oxygen atoms in total. The summed E-state index contributed by atoms with van der Waals surface area (Å²) in [6.45, 7) is 9.47. The lowest BCUT2D eigenvalue weighted by Gasteiger charge is -2.34. The van der Waals surface area contributed by atoms with Crippen LogP contribution in [-0.4, -0.2) is 55.1 Å². The molecule has 2 aliphatic rings. The van der Waals surface area contributed by atoms with Gasteiger partial charge in [-0.05, 0) is 77.0 Å². The van der Waals surface area contributed by atoms with Gasteiger partial charge in [0.15, 0.2) is 0 Å².